The Bertz CT molecular complexity index is 1340. The van der Waals surface area contributed by atoms with Gasteiger partial charge in [0, 0.05) is 12.1 Å². The lowest BCUT2D eigenvalue weighted by Crippen LogP contribution is -2.27. The van der Waals surface area contributed by atoms with Gasteiger partial charge in [-0.2, -0.15) is 0 Å². The summed E-state index contributed by atoms with van der Waals surface area (Å²) < 4.78 is 8.28. The summed E-state index contributed by atoms with van der Waals surface area (Å²) in [4.78, 5) is 25.8. The number of non-ortho nitro benzene ring substituents is 1. The van der Waals surface area contributed by atoms with Crippen molar-refractivity contribution in [2.24, 2.45) is 0 Å². The molecule has 4 rings (SSSR count). The number of nitro benzene ring substituents is 1. The Morgan fingerprint density at radius 2 is 1.77 bits per heavy atom. The van der Waals surface area contributed by atoms with E-state index in [9.17, 15) is 14.9 Å². The molecule has 35 heavy (non-hydrogen) atoms. The number of carbonyl (C=O) groups is 1. The molecule has 0 spiro atoms. The van der Waals surface area contributed by atoms with E-state index in [0.717, 1.165) is 18.3 Å². The van der Waals surface area contributed by atoms with Gasteiger partial charge in [0.25, 0.3) is 11.6 Å². The van der Waals surface area contributed by atoms with Crippen molar-refractivity contribution in [1.29, 1.82) is 0 Å². The van der Waals surface area contributed by atoms with Crippen LogP contribution in [-0.4, -0.2) is 20.1 Å². The predicted molar refractivity (Wildman–Crippen MR) is 159 cm³/mol. The fraction of sp³-hybridized carbons (Fsp3) is 0.120. The number of ether oxygens (including phenoxy) is 1. The maximum atomic E-state index is 13.0. The highest BCUT2D eigenvalue weighted by Gasteiger charge is 2.32. The molecule has 0 bridgehead atoms. The Kier molecular flexibility index (Phi) is 8.45. The zero-order chi connectivity index (χ0) is 25.1. The molecule has 0 unspecified atom stereocenters. The van der Waals surface area contributed by atoms with Crippen molar-refractivity contribution in [3.63, 3.8) is 0 Å². The van der Waals surface area contributed by atoms with Crippen molar-refractivity contribution in [2.45, 2.75) is 20.1 Å². The zero-order valence-corrected chi connectivity index (χ0v) is 24.3. The number of amides is 1. The third-order valence-electron chi connectivity index (χ3n) is 5.16. The maximum absolute atomic E-state index is 13.0. The highest BCUT2D eigenvalue weighted by atomic mass is 127. The smallest absolute Gasteiger partial charge is 0.269 e. The van der Waals surface area contributed by atoms with Gasteiger partial charge in [0.2, 0.25) is 0 Å². The summed E-state index contributed by atoms with van der Waals surface area (Å²) in [6.07, 6.45) is 1.85. The topological polar surface area (TPSA) is 72.7 Å². The molecule has 6 nitrogen and oxygen atoms in total. The van der Waals surface area contributed by atoms with Crippen LogP contribution in [0.2, 0.25) is 0 Å². The van der Waals surface area contributed by atoms with E-state index in [1.165, 1.54) is 29.5 Å². The lowest BCUT2D eigenvalue weighted by molar-refractivity contribution is -0.384. The highest BCUT2D eigenvalue weighted by Crippen LogP contribution is 2.36. The average molecular weight is 728 g/mol. The highest BCUT2D eigenvalue weighted by molar-refractivity contribution is 14.1. The first kappa shape index (κ1) is 26.0. The number of nitrogens with zero attached hydrogens (tertiary/aromatic N) is 2. The summed E-state index contributed by atoms with van der Waals surface area (Å²) in [5.41, 5.74) is 3.82. The number of thiocarbonyl (C=S) groups is 1. The van der Waals surface area contributed by atoms with Crippen LogP contribution >= 0.6 is 69.2 Å². The minimum Gasteiger partial charge on any atom is -0.487 e. The van der Waals surface area contributed by atoms with Crippen molar-refractivity contribution in [2.75, 3.05) is 0 Å². The molecule has 1 aliphatic heterocycles. The van der Waals surface area contributed by atoms with E-state index < -0.39 is 4.92 Å². The predicted octanol–water partition coefficient (Wildman–Crippen LogP) is 7.09. The molecule has 3 aromatic carbocycles. The molecule has 10 heteroatoms. The van der Waals surface area contributed by atoms with Crippen LogP contribution in [-0.2, 0) is 17.9 Å². The van der Waals surface area contributed by atoms with Crippen LogP contribution in [0.15, 0.2) is 65.6 Å². The van der Waals surface area contributed by atoms with Gasteiger partial charge in [-0.3, -0.25) is 19.8 Å². The van der Waals surface area contributed by atoms with E-state index in [-0.39, 0.29) is 18.2 Å². The zero-order valence-electron chi connectivity index (χ0n) is 18.4. The number of rotatable bonds is 7. The molecule has 178 valence electrons. The van der Waals surface area contributed by atoms with Crippen molar-refractivity contribution in [1.82, 2.24) is 4.90 Å². The standard InChI is InChI=1S/C25H18I2N2O4S2/c1-15-5-7-16(8-6-15)13-28-24(30)22(35-25(28)34)12-18-10-20(26)23(21(27)11-18)33-14-17-3-2-4-19(9-17)29(31)32/h2-12H,13-14H2,1H3/b22-12-. The van der Waals surface area contributed by atoms with Gasteiger partial charge in [0.1, 0.15) is 16.7 Å². The van der Waals surface area contributed by atoms with Gasteiger partial charge in [0.05, 0.1) is 23.5 Å². The van der Waals surface area contributed by atoms with E-state index in [1.54, 1.807) is 17.0 Å². The van der Waals surface area contributed by atoms with Gasteiger partial charge in [-0.15, -0.1) is 0 Å². The van der Waals surface area contributed by atoms with Crippen molar-refractivity contribution >= 4 is 91.2 Å². The van der Waals surface area contributed by atoms with Crippen LogP contribution < -0.4 is 4.74 Å². The van der Waals surface area contributed by atoms with Crippen molar-refractivity contribution in [3.05, 3.63) is 105 Å². The summed E-state index contributed by atoms with van der Waals surface area (Å²) in [5, 5.41) is 11.0. The van der Waals surface area contributed by atoms with E-state index >= 15 is 0 Å². The molecule has 0 aromatic heterocycles. The molecule has 1 fully saturated rings. The number of carbonyl (C=O) groups excluding carboxylic acids is 1. The molecule has 0 atom stereocenters. The number of benzene rings is 3. The normalized spacial score (nSPS) is 14.6. The van der Waals surface area contributed by atoms with Gasteiger partial charge < -0.3 is 4.74 Å². The van der Waals surface area contributed by atoms with Gasteiger partial charge in [-0.25, -0.2) is 0 Å². The second kappa shape index (κ2) is 11.4. The molecule has 0 saturated carbocycles. The summed E-state index contributed by atoms with van der Waals surface area (Å²) >= 11 is 11.2. The van der Waals surface area contributed by atoms with Gasteiger partial charge in [0.15, 0.2) is 0 Å². The van der Waals surface area contributed by atoms with Crippen LogP contribution in [0.1, 0.15) is 22.3 Å². The Morgan fingerprint density at radius 3 is 2.43 bits per heavy atom. The van der Waals surface area contributed by atoms with E-state index in [1.807, 2.05) is 49.4 Å². The molecule has 1 heterocycles. The first-order chi connectivity index (χ1) is 16.7. The molecular formula is C25H18I2N2O4S2. The number of hydrogen-bond acceptors (Lipinski definition) is 6. The Hall–Kier alpha value is -2.03. The Balaban J connectivity index is 1.49. The molecule has 0 aliphatic carbocycles. The number of thioether (sulfide) groups is 1. The molecule has 0 N–H and O–H groups in total. The number of aryl methyl sites for hydroxylation is 1. The first-order valence-electron chi connectivity index (χ1n) is 10.4. The quantitative estimate of drug-likeness (QED) is 0.0851. The molecule has 3 aromatic rings. The summed E-state index contributed by atoms with van der Waals surface area (Å²) in [6.45, 7) is 2.69. The Labute approximate surface area is 239 Å². The maximum Gasteiger partial charge on any atom is 0.269 e. The minimum atomic E-state index is -0.421. The third kappa shape index (κ3) is 6.40. The summed E-state index contributed by atoms with van der Waals surface area (Å²) in [5.74, 6) is 0.596. The largest absolute Gasteiger partial charge is 0.487 e. The molecular weight excluding hydrogens is 710 g/mol. The van der Waals surface area contributed by atoms with E-state index in [4.69, 9.17) is 17.0 Å². The number of nitro groups is 1. The van der Waals surface area contributed by atoms with Crippen LogP contribution in [0.5, 0.6) is 5.75 Å². The Morgan fingerprint density at radius 1 is 1.09 bits per heavy atom. The van der Waals surface area contributed by atoms with E-state index in [0.29, 0.717) is 27.1 Å². The van der Waals surface area contributed by atoms with Crippen LogP contribution in [0.4, 0.5) is 5.69 Å². The number of halogens is 2. The number of hydrogen-bond donors (Lipinski definition) is 0. The van der Waals surface area contributed by atoms with Crippen LogP contribution in [0.3, 0.4) is 0 Å². The molecule has 1 saturated heterocycles. The molecule has 1 aliphatic rings. The summed E-state index contributed by atoms with van der Waals surface area (Å²) in [6, 6.07) is 18.3. The van der Waals surface area contributed by atoms with E-state index in [2.05, 4.69) is 45.2 Å². The van der Waals surface area contributed by atoms with Crippen molar-refractivity contribution in [3.8, 4) is 5.75 Å². The van der Waals surface area contributed by atoms with Crippen LogP contribution in [0, 0.1) is 24.2 Å². The minimum absolute atomic E-state index is 0.0329. The molecule has 0 radical (unpaired) electrons. The average Bonchev–Trinajstić information content (AvgIpc) is 3.07. The first-order valence-corrected chi connectivity index (χ1v) is 13.8. The van der Waals surface area contributed by atoms with Crippen LogP contribution in [0.25, 0.3) is 6.08 Å². The monoisotopic (exact) mass is 728 g/mol. The third-order valence-corrected chi connectivity index (χ3v) is 8.14. The summed E-state index contributed by atoms with van der Waals surface area (Å²) in [7, 11) is 0. The van der Waals surface area contributed by atoms with Gasteiger partial charge >= 0.3 is 0 Å². The fourth-order valence-corrected chi connectivity index (χ4v) is 6.76. The lowest BCUT2D eigenvalue weighted by atomic mass is 10.1. The van der Waals surface area contributed by atoms with Gasteiger partial charge in [-0.1, -0.05) is 65.9 Å². The second-order valence-electron chi connectivity index (χ2n) is 7.78. The molecule has 1 amide bonds. The lowest BCUT2D eigenvalue weighted by Gasteiger charge is -2.14. The SMILES string of the molecule is Cc1ccc(CN2C(=O)/C(=C/c3cc(I)c(OCc4cccc([N+](=O)[O-])c4)c(I)c3)SC2=S)cc1. The second-order valence-corrected chi connectivity index (χ2v) is 11.8. The van der Waals surface area contributed by atoms with Gasteiger partial charge in [-0.05, 0) is 87.0 Å². The fourth-order valence-electron chi connectivity index (χ4n) is 3.38. The van der Waals surface area contributed by atoms with Crippen molar-refractivity contribution < 1.29 is 14.5 Å².